The maximum absolute atomic E-state index is 10.1. The van der Waals surface area contributed by atoms with Crippen molar-refractivity contribution < 1.29 is 14.6 Å². The maximum atomic E-state index is 10.1. The lowest BCUT2D eigenvalue weighted by Crippen LogP contribution is -2.06. The van der Waals surface area contributed by atoms with Crippen LogP contribution in [0.25, 0.3) is 0 Å². The Labute approximate surface area is 87.8 Å². The van der Waals surface area contributed by atoms with Gasteiger partial charge in [0.15, 0.2) is 0 Å². The Morgan fingerprint density at radius 2 is 2.23 bits per heavy atom. The number of rotatable bonds is 5. The second kappa shape index (κ2) is 7.15. The van der Waals surface area contributed by atoms with E-state index in [1.165, 1.54) is 11.8 Å². The lowest BCUT2D eigenvalue weighted by Gasteiger charge is -2.07. The predicted molar refractivity (Wildman–Crippen MR) is 58.1 cm³/mol. The molecule has 0 atom stereocenters. The van der Waals surface area contributed by atoms with E-state index in [0.29, 0.717) is 22.7 Å². The van der Waals surface area contributed by atoms with E-state index in [-0.39, 0.29) is 6.42 Å². The molecular formula is C8H14O3S2. The van der Waals surface area contributed by atoms with Crippen LogP contribution < -0.4 is 0 Å². The molecule has 5 heteroatoms. The van der Waals surface area contributed by atoms with Gasteiger partial charge in [-0.15, -0.1) is 0 Å². The molecule has 0 unspecified atom stereocenters. The quantitative estimate of drug-likeness (QED) is 0.722. The molecular weight excluding hydrogens is 208 g/mol. The van der Waals surface area contributed by atoms with Gasteiger partial charge in [0, 0.05) is 5.75 Å². The Kier molecular flexibility index (Phi) is 6.99. The van der Waals surface area contributed by atoms with Crippen molar-refractivity contribution in [2.45, 2.75) is 20.3 Å². The molecule has 0 fully saturated rings. The highest BCUT2D eigenvalue weighted by atomic mass is 32.2. The molecule has 0 aliphatic carbocycles. The lowest BCUT2D eigenvalue weighted by atomic mass is 10.2. The smallest absolute Gasteiger partial charge is 0.304 e. The van der Waals surface area contributed by atoms with E-state index in [1.807, 2.05) is 13.8 Å². The standard InChI is InChI=1S/C8H14O3S2/c1-6(2)5-11-8(12)13-4-3-7(9)10/h6H,3-5H2,1-2H3,(H,9,10). The van der Waals surface area contributed by atoms with Crippen molar-refractivity contribution in [2.24, 2.45) is 5.92 Å². The highest BCUT2D eigenvalue weighted by Crippen LogP contribution is 2.08. The molecule has 0 aliphatic heterocycles. The summed E-state index contributed by atoms with van der Waals surface area (Å²) in [6, 6.07) is 0. The molecule has 0 saturated heterocycles. The lowest BCUT2D eigenvalue weighted by molar-refractivity contribution is -0.136. The fraction of sp³-hybridized carbons (Fsp3) is 0.750. The van der Waals surface area contributed by atoms with E-state index in [4.69, 9.17) is 22.1 Å². The zero-order chi connectivity index (χ0) is 10.3. The summed E-state index contributed by atoms with van der Waals surface area (Å²) in [7, 11) is 0. The third-order valence-electron chi connectivity index (χ3n) is 1.07. The molecule has 0 saturated carbocycles. The Bertz CT molecular complexity index is 180. The topological polar surface area (TPSA) is 46.5 Å². The number of carboxylic acids is 1. The van der Waals surface area contributed by atoms with Crippen molar-refractivity contribution in [3.8, 4) is 0 Å². The summed E-state index contributed by atoms with van der Waals surface area (Å²) in [5, 5.41) is 8.35. The van der Waals surface area contributed by atoms with Crippen LogP contribution in [-0.4, -0.2) is 27.8 Å². The summed E-state index contributed by atoms with van der Waals surface area (Å²) in [6.07, 6.45) is 0.121. The van der Waals surface area contributed by atoms with Gasteiger partial charge in [-0.25, -0.2) is 0 Å². The van der Waals surface area contributed by atoms with Crippen LogP contribution in [0.1, 0.15) is 20.3 Å². The summed E-state index contributed by atoms with van der Waals surface area (Å²) >= 11 is 6.15. The van der Waals surface area contributed by atoms with E-state index < -0.39 is 5.97 Å². The minimum atomic E-state index is -0.806. The second-order valence-corrected chi connectivity index (χ2v) is 4.64. The van der Waals surface area contributed by atoms with Gasteiger partial charge in [0.1, 0.15) is 0 Å². The summed E-state index contributed by atoms with van der Waals surface area (Å²) in [5.74, 6) is 0.115. The molecule has 0 amide bonds. The first-order valence-corrected chi connectivity index (χ1v) is 5.43. The third kappa shape index (κ3) is 9.63. The first kappa shape index (κ1) is 12.7. The number of thiocarbonyl (C=S) groups is 1. The van der Waals surface area contributed by atoms with Gasteiger partial charge >= 0.3 is 5.97 Å². The number of carboxylic acid groups (broad SMARTS) is 1. The first-order chi connectivity index (χ1) is 6.02. The molecule has 3 nitrogen and oxygen atoms in total. The van der Waals surface area contributed by atoms with Crippen LogP contribution in [0.2, 0.25) is 0 Å². The molecule has 1 N–H and O–H groups in total. The third-order valence-corrected chi connectivity index (χ3v) is 2.30. The van der Waals surface area contributed by atoms with Gasteiger partial charge < -0.3 is 9.84 Å². The van der Waals surface area contributed by atoms with E-state index in [1.54, 1.807) is 0 Å². The summed E-state index contributed by atoms with van der Waals surface area (Å²) in [4.78, 5) is 10.1. The second-order valence-electron chi connectivity index (χ2n) is 2.95. The van der Waals surface area contributed by atoms with Crippen LogP contribution in [0.5, 0.6) is 0 Å². The van der Waals surface area contributed by atoms with Crippen molar-refractivity contribution in [3.63, 3.8) is 0 Å². The Morgan fingerprint density at radius 3 is 2.69 bits per heavy atom. The molecule has 0 radical (unpaired) electrons. The van der Waals surface area contributed by atoms with Crippen LogP contribution in [-0.2, 0) is 9.53 Å². The SMILES string of the molecule is CC(C)COC(=S)SCCC(=O)O. The van der Waals surface area contributed by atoms with Crippen molar-refractivity contribution in [2.75, 3.05) is 12.4 Å². The van der Waals surface area contributed by atoms with Crippen molar-refractivity contribution >= 4 is 34.3 Å². The summed E-state index contributed by atoms with van der Waals surface area (Å²) < 4.78 is 5.63. The fourth-order valence-electron chi connectivity index (χ4n) is 0.498. The van der Waals surface area contributed by atoms with Gasteiger partial charge in [0.05, 0.1) is 13.0 Å². The highest BCUT2D eigenvalue weighted by molar-refractivity contribution is 8.22. The van der Waals surface area contributed by atoms with E-state index in [0.717, 1.165) is 0 Å². The minimum Gasteiger partial charge on any atom is -0.481 e. The number of carbonyl (C=O) groups is 1. The highest BCUT2D eigenvalue weighted by Gasteiger charge is 2.02. The molecule has 13 heavy (non-hydrogen) atoms. The van der Waals surface area contributed by atoms with Gasteiger partial charge in [-0.1, -0.05) is 25.6 Å². The molecule has 0 aromatic heterocycles. The average Bonchev–Trinajstić information content (AvgIpc) is 2.00. The Hall–Kier alpha value is -0.290. The molecule has 0 rings (SSSR count). The van der Waals surface area contributed by atoms with Gasteiger partial charge in [0.2, 0.25) is 4.38 Å². The Balaban J connectivity index is 3.35. The van der Waals surface area contributed by atoms with Gasteiger partial charge in [-0.2, -0.15) is 0 Å². The molecule has 76 valence electrons. The largest absolute Gasteiger partial charge is 0.481 e. The summed E-state index contributed by atoms with van der Waals surface area (Å²) in [5.41, 5.74) is 0. The summed E-state index contributed by atoms with van der Waals surface area (Å²) in [6.45, 7) is 4.66. The number of thioether (sulfide) groups is 1. The number of hydrogen-bond acceptors (Lipinski definition) is 4. The first-order valence-electron chi connectivity index (χ1n) is 4.03. The van der Waals surface area contributed by atoms with Crippen molar-refractivity contribution in [1.82, 2.24) is 0 Å². The molecule has 0 heterocycles. The van der Waals surface area contributed by atoms with Crippen LogP contribution in [0.4, 0.5) is 0 Å². The average molecular weight is 222 g/mol. The van der Waals surface area contributed by atoms with Crippen LogP contribution >= 0.6 is 24.0 Å². The molecule has 0 bridgehead atoms. The number of ether oxygens (including phenoxy) is 1. The van der Waals surface area contributed by atoms with E-state index in [2.05, 4.69) is 0 Å². The van der Waals surface area contributed by atoms with Crippen molar-refractivity contribution in [3.05, 3.63) is 0 Å². The molecule has 0 aromatic carbocycles. The molecule has 0 aliphatic rings. The van der Waals surface area contributed by atoms with Gasteiger partial charge in [0.25, 0.3) is 0 Å². The minimum absolute atomic E-state index is 0.121. The molecule has 0 aromatic rings. The normalized spacial score (nSPS) is 10.1. The van der Waals surface area contributed by atoms with E-state index in [9.17, 15) is 4.79 Å². The fourth-order valence-corrected chi connectivity index (χ4v) is 1.41. The number of hydrogen-bond donors (Lipinski definition) is 1. The molecule has 0 spiro atoms. The van der Waals surface area contributed by atoms with Crippen LogP contribution in [0, 0.1) is 5.92 Å². The number of aliphatic carboxylic acids is 1. The van der Waals surface area contributed by atoms with E-state index >= 15 is 0 Å². The van der Waals surface area contributed by atoms with Crippen LogP contribution in [0.3, 0.4) is 0 Å². The van der Waals surface area contributed by atoms with Gasteiger partial charge in [-0.3, -0.25) is 4.79 Å². The van der Waals surface area contributed by atoms with Crippen LogP contribution in [0.15, 0.2) is 0 Å². The maximum Gasteiger partial charge on any atom is 0.304 e. The zero-order valence-electron chi connectivity index (χ0n) is 7.78. The monoisotopic (exact) mass is 222 g/mol. The van der Waals surface area contributed by atoms with Gasteiger partial charge in [-0.05, 0) is 18.1 Å². The Morgan fingerprint density at radius 1 is 1.62 bits per heavy atom. The predicted octanol–water partition coefficient (Wildman–Crippen LogP) is 2.15. The zero-order valence-corrected chi connectivity index (χ0v) is 9.41. The van der Waals surface area contributed by atoms with Crippen molar-refractivity contribution in [1.29, 1.82) is 0 Å².